The molecule has 0 aromatic heterocycles. The van der Waals surface area contributed by atoms with E-state index in [2.05, 4.69) is 15.5 Å². The van der Waals surface area contributed by atoms with Crippen molar-refractivity contribution in [3.63, 3.8) is 0 Å². The van der Waals surface area contributed by atoms with Crippen LogP contribution in [0.25, 0.3) is 0 Å². The third-order valence-electron chi connectivity index (χ3n) is 4.30. The first-order valence-electron chi connectivity index (χ1n) is 8.58. The summed E-state index contributed by atoms with van der Waals surface area (Å²) in [4.78, 5) is 14.3. The van der Waals surface area contributed by atoms with Crippen LogP contribution in [0.5, 0.6) is 0 Å². The van der Waals surface area contributed by atoms with Crippen LogP contribution in [0.1, 0.15) is 37.9 Å². The van der Waals surface area contributed by atoms with Gasteiger partial charge in [0.15, 0.2) is 0 Å². The first kappa shape index (κ1) is 21.4. The number of likely N-dealkylation sites (N-methyl/N-ethyl adjacent to an activating group) is 1. The number of rotatable bonds is 9. The molecule has 0 fully saturated rings. The van der Waals surface area contributed by atoms with E-state index in [4.69, 9.17) is 0 Å². The van der Waals surface area contributed by atoms with E-state index in [0.717, 1.165) is 30.8 Å². The van der Waals surface area contributed by atoms with Gasteiger partial charge in [0.1, 0.15) is 0 Å². The Bertz CT molecular complexity index is 527. The molecule has 2 N–H and O–H groups in total. The SMILES string of the molecule is CCN(CC)C(CNC(=O)C(C)CNC)c1ccc(C(F)(F)F)cc1. The topological polar surface area (TPSA) is 44.4 Å². The number of halogens is 3. The zero-order valence-electron chi connectivity index (χ0n) is 15.3. The Morgan fingerprint density at radius 3 is 2.12 bits per heavy atom. The number of hydrogen-bond donors (Lipinski definition) is 2. The first-order chi connectivity index (χ1) is 11.7. The highest BCUT2D eigenvalue weighted by Gasteiger charge is 2.30. The largest absolute Gasteiger partial charge is 0.416 e. The van der Waals surface area contributed by atoms with Gasteiger partial charge in [-0.2, -0.15) is 13.2 Å². The number of nitrogens with one attached hydrogen (secondary N) is 2. The molecule has 25 heavy (non-hydrogen) atoms. The van der Waals surface area contributed by atoms with E-state index in [1.54, 1.807) is 7.05 Å². The molecule has 1 aromatic carbocycles. The van der Waals surface area contributed by atoms with Crippen molar-refractivity contribution >= 4 is 5.91 Å². The molecular formula is C18H28F3N3O. The maximum atomic E-state index is 12.8. The molecule has 1 aromatic rings. The van der Waals surface area contributed by atoms with Crippen LogP contribution in [0.4, 0.5) is 13.2 Å². The van der Waals surface area contributed by atoms with Gasteiger partial charge in [0.05, 0.1) is 11.6 Å². The van der Waals surface area contributed by atoms with Gasteiger partial charge in [-0.15, -0.1) is 0 Å². The van der Waals surface area contributed by atoms with Gasteiger partial charge in [0.2, 0.25) is 5.91 Å². The van der Waals surface area contributed by atoms with Gasteiger partial charge >= 0.3 is 6.18 Å². The van der Waals surface area contributed by atoms with Crippen LogP contribution >= 0.6 is 0 Å². The smallest absolute Gasteiger partial charge is 0.354 e. The molecule has 1 amide bonds. The van der Waals surface area contributed by atoms with Crippen LogP contribution in [0.15, 0.2) is 24.3 Å². The maximum Gasteiger partial charge on any atom is 0.416 e. The van der Waals surface area contributed by atoms with Gasteiger partial charge in [-0.1, -0.05) is 32.9 Å². The molecule has 0 heterocycles. The molecule has 0 saturated heterocycles. The van der Waals surface area contributed by atoms with Crippen LogP contribution in [0.2, 0.25) is 0 Å². The van der Waals surface area contributed by atoms with Gasteiger partial charge in [0.25, 0.3) is 0 Å². The van der Waals surface area contributed by atoms with Crippen LogP contribution < -0.4 is 10.6 Å². The first-order valence-corrected chi connectivity index (χ1v) is 8.58. The summed E-state index contributed by atoms with van der Waals surface area (Å²) in [5.74, 6) is -0.242. The summed E-state index contributed by atoms with van der Waals surface area (Å²) in [7, 11) is 1.78. The maximum absolute atomic E-state index is 12.8. The third kappa shape index (κ3) is 6.32. The highest BCUT2D eigenvalue weighted by Crippen LogP contribution is 2.30. The number of carbonyl (C=O) groups excluding carboxylic acids is 1. The van der Waals surface area contributed by atoms with Crippen molar-refractivity contribution in [2.45, 2.75) is 33.0 Å². The van der Waals surface area contributed by atoms with E-state index in [0.29, 0.717) is 13.1 Å². The average Bonchev–Trinajstić information content (AvgIpc) is 2.58. The Labute approximate surface area is 147 Å². The second-order valence-electron chi connectivity index (χ2n) is 6.06. The zero-order chi connectivity index (χ0) is 19.0. The van der Waals surface area contributed by atoms with Gasteiger partial charge < -0.3 is 10.6 Å². The lowest BCUT2D eigenvalue weighted by Crippen LogP contribution is -2.41. The summed E-state index contributed by atoms with van der Waals surface area (Å²) >= 11 is 0. The normalized spacial score (nSPS) is 14.4. The summed E-state index contributed by atoms with van der Waals surface area (Å²) in [6.45, 7) is 8.23. The van der Waals surface area contributed by atoms with Crippen molar-refractivity contribution < 1.29 is 18.0 Å². The molecule has 1 rings (SSSR count). The highest BCUT2D eigenvalue weighted by molar-refractivity contribution is 5.78. The van der Waals surface area contributed by atoms with E-state index < -0.39 is 11.7 Å². The molecule has 2 unspecified atom stereocenters. The summed E-state index contributed by atoms with van der Waals surface area (Å²) in [5, 5.41) is 5.87. The van der Waals surface area contributed by atoms with E-state index in [-0.39, 0.29) is 17.9 Å². The molecule has 4 nitrogen and oxygen atoms in total. The van der Waals surface area contributed by atoms with Crippen molar-refractivity contribution in [3.05, 3.63) is 35.4 Å². The average molecular weight is 359 g/mol. The monoisotopic (exact) mass is 359 g/mol. The van der Waals surface area contributed by atoms with E-state index in [1.807, 2.05) is 20.8 Å². The minimum absolute atomic E-state index is 0.0709. The van der Waals surface area contributed by atoms with Crippen molar-refractivity contribution in [2.75, 3.05) is 33.2 Å². The number of nitrogens with zero attached hydrogens (tertiary/aromatic N) is 1. The number of hydrogen-bond acceptors (Lipinski definition) is 3. The number of amides is 1. The Morgan fingerprint density at radius 2 is 1.68 bits per heavy atom. The third-order valence-corrected chi connectivity index (χ3v) is 4.30. The molecule has 0 aliphatic carbocycles. The summed E-state index contributed by atoms with van der Waals surface area (Å²) < 4.78 is 38.3. The Kier molecular flexibility index (Phi) is 8.38. The fraction of sp³-hybridized carbons (Fsp3) is 0.611. The van der Waals surface area contributed by atoms with Crippen LogP contribution in [0.3, 0.4) is 0 Å². The van der Waals surface area contributed by atoms with Gasteiger partial charge in [-0.25, -0.2) is 0 Å². The highest BCUT2D eigenvalue weighted by atomic mass is 19.4. The van der Waals surface area contributed by atoms with Gasteiger partial charge in [-0.05, 0) is 37.8 Å². The second-order valence-corrected chi connectivity index (χ2v) is 6.06. The lowest BCUT2D eigenvalue weighted by atomic mass is 10.0. The predicted octanol–water partition coefficient (Wildman–Crippen LogP) is 3.06. The molecule has 7 heteroatoms. The van der Waals surface area contributed by atoms with E-state index >= 15 is 0 Å². The van der Waals surface area contributed by atoms with Gasteiger partial charge in [0, 0.05) is 19.0 Å². The Hall–Kier alpha value is -1.60. The number of benzene rings is 1. The molecule has 0 radical (unpaired) electrons. The fourth-order valence-corrected chi connectivity index (χ4v) is 2.79. The summed E-state index contributed by atoms with van der Waals surface area (Å²) in [6.07, 6.45) is -4.35. The molecule has 0 spiro atoms. The van der Waals surface area contributed by atoms with E-state index in [9.17, 15) is 18.0 Å². The zero-order valence-corrected chi connectivity index (χ0v) is 15.3. The van der Waals surface area contributed by atoms with E-state index in [1.165, 1.54) is 12.1 Å². The minimum atomic E-state index is -4.35. The minimum Gasteiger partial charge on any atom is -0.354 e. The quantitative estimate of drug-likeness (QED) is 0.712. The molecule has 0 saturated carbocycles. The molecule has 0 aliphatic rings. The number of alkyl halides is 3. The molecule has 142 valence electrons. The predicted molar refractivity (Wildman–Crippen MR) is 93.2 cm³/mol. The van der Waals surface area contributed by atoms with Crippen molar-refractivity contribution in [2.24, 2.45) is 5.92 Å². The number of carbonyl (C=O) groups is 1. The van der Waals surface area contributed by atoms with Crippen molar-refractivity contribution in [3.8, 4) is 0 Å². The lowest BCUT2D eigenvalue weighted by molar-refractivity contribution is -0.137. The summed E-state index contributed by atoms with van der Waals surface area (Å²) in [5.41, 5.74) is 0.0968. The Balaban J connectivity index is 2.92. The second kappa shape index (κ2) is 9.77. The van der Waals surface area contributed by atoms with Crippen molar-refractivity contribution in [1.29, 1.82) is 0 Å². The molecule has 0 bridgehead atoms. The standard InChI is InChI=1S/C18H28F3N3O/c1-5-24(6-2)16(12-23-17(25)13(3)11-22-4)14-7-9-15(10-8-14)18(19,20)21/h7-10,13,16,22H,5-6,11-12H2,1-4H3,(H,23,25). The lowest BCUT2D eigenvalue weighted by Gasteiger charge is -2.31. The van der Waals surface area contributed by atoms with Gasteiger partial charge in [-0.3, -0.25) is 9.69 Å². The molecular weight excluding hydrogens is 331 g/mol. The fourth-order valence-electron chi connectivity index (χ4n) is 2.79. The van der Waals surface area contributed by atoms with Crippen LogP contribution in [-0.2, 0) is 11.0 Å². The molecule has 2 atom stereocenters. The molecule has 0 aliphatic heterocycles. The van der Waals surface area contributed by atoms with Crippen LogP contribution in [0, 0.1) is 5.92 Å². The van der Waals surface area contributed by atoms with Crippen LogP contribution in [-0.4, -0.2) is 44.0 Å². The Morgan fingerprint density at radius 1 is 1.12 bits per heavy atom. The van der Waals surface area contributed by atoms with Crippen molar-refractivity contribution in [1.82, 2.24) is 15.5 Å². The summed E-state index contributed by atoms with van der Waals surface area (Å²) in [6, 6.07) is 5.02.